The monoisotopic (exact) mass is 469 g/mol. The van der Waals surface area contributed by atoms with E-state index in [1.807, 2.05) is 0 Å². The van der Waals surface area contributed by atoms with Crippen molar-refractivity contribution in [2.24, 2.45) is 0 Å². The lowest BCUT2D eigenvalue weighted by Crippen LogP contribution is -2.38. The first-order valence-corrected chi connectivity index (χ1v) is 9.81. The summed E-state index contributed by atoms with van der Waals surface area (Å²) in [6, 6.07) is 6.31. The van der Waals surface area contributed by atoms with Crippen molar-refractivity contribution in [1.29, 1.82) is 0 Å². The number of hydrogen-bond acceptors (Lipinski definition) is 5. The van der Waals surface area contributed by atoms with Crippen molar-refractivity contribution in [3.05, 3.63) is 70.0 Å². The van der Waals surface area contributed by atoms with E-state index in [4.69, 9.17) is 20.5 Å². The number of carbonyl (C=O) groups excluding carboxylic acids is 2. The van der Waals surface area contributed by atoms with Crippen LogP contribution in [0, 0.1) is 13.8 Å². The summed E-state index contributed by atoms with van der Waals surface area (Å²) in [4.78, 5) is 26.7. The minimum atomic E-state index is -4.67. The summed E-state index contributed by atoms with van der Waals surface area (Å²) in [6.07, 6.45) is -3.31. The molecule has 0 aliphatic heterocycles. The zero-order valence-corrected chi connectivity index (χ0v) is 17.9. The predicted molar refractivity (Wildman–Crippen MR) is 109 cm³/mol. The molecule has 0 unspecified atom stereocenters. The van der Waals surface area contributed by atoms with Crippen LogP contribution < -0.4 is 5.32 Å². The number of hydrogen-bond donors (Lipinski definition) is 1. The fourth-order valence-electron chi connectivity index (χ4n) is 3.03. The molecule has 0 saturated carbocycles. The van der Waals surface area contributed by atoms with Gasteiger partial charge in [0.2, 0.25) is 11.8 Å². The maximum absolute atomic E-state index is 13.1. The summed E-state index contributed by atoms with van der Waals surface area (Å²) < 4.78 is 49.5. The van der Waals surface area contributed by atoms with E-state index in [0.717, 1.165) is 12.1 Å². The number of halogens is 4. The Balaban J connectivity index is 1.76. The van der Waals surface area contributed by atoms with Crippen LogP contribution in [0.5, 0.6) is 0 Å². The van der Waals surface area contributed by atoms with Crippen LogP contribution >= 0.6 is 11.6 Å². The second-order valence-electron chi connectivity index (χ2n) is 7.05. The Morgan fingerprint density at radius 1 is 1.22 bits per heavy atom. The van der Waals surface area contributed by atoms with Crippen molar-refractivity contribution in [2.75, 3.05) is 11.9 Å². The van der Waals surface area contributed by atoms with Crippen LogP contribution in [0.15, 0.2) is 45.5 Å². The Bertz CT molecular complexity index is 1090. The molecule has 0 fully saturated rings. The van der Waals surface area contributed by atoms with E-state index in [0.29, 0.717) is 22.8 Å². The number of furan rings is 1. The lowest BCUT2D eigenvalue weighted by atomic mass is 10.1. The number of aromatic nitrogens is 1. The van der Waals surface area contributed by atoms with E-state index in [-0.39, 0.29) is 18.7 Å². The third-order valence-electron chi connectivity index (χ3n) is 4.68. The van der Waals surface area contributed by atoms with E-state index in [9.17, 15) is 22.8 Å². The topological polar surface area (TPSA) is 88.6 Å². The van der Waals surface area contributed by atoms with Crippen molar-refractivity contribution < 1.29 is 31.7 Å². The maximum Gasteiger partial charge on any atom is 0.417 e. The van der Waals surface area contributed by atoms with Crippen LogP contribution in [0.25, 0.3) is 0 Å². The van der Waals surface area contributed by atoms with Gasteiger partial charge in [-0.2, -0.15) is 13.2 Å². The average molecular weight is 470 g/mol. The van der Waals surface area contributed by atoms with Gasteiger partial charge < -0.3 is 19.2 Å². The van der Waals surface area contributed by atoms with Crippen LogP contribution in [-0.2, 0) is 28.7 Å². The number of carbonyl (C=O) groups is 2. The molecule has 2 amide bonds. The minimum Gasteiger partial charge on any atom is -0.467 e. The molecule has 0 atom stereocenters. The van der Waals surface area contributed by atoms with Gasteiger partial charge in [-0.15, -0.1) is 0 Å². The van der Waals surface area contributed by atoms with Gasteiger partial charge in [-0.25, -0.2) is 0 Å². The molecule has 1 N–H and O–H groups in total. The SMILES string of the molecule is Cc1noc(C)c1CC(=O)N(CC(=O)Nc1ccc(Cl)c(C(F)(F)F)c1)Cc1ccco1. The molecule has 2 heterocycles. The van der Waals surface area contributed by atoms with Crippen molar-refractivity contribution in [2.45, 2.75) is 33.0 Å². The molecule has 0 spiro atoms. The standard InChI is InChI=1S/C21H19ClF3N3O4/c1-12-16(13(2)32-27-12)9-20(30)28(10-15-4-3-7-31-15)11-19(29)26-14-5-6-18(22)17(8-14)21(23,24)25/h3-8H,9-11H2,1-2H3,(H,26,29). The summed E-state index contributed by atoms with van der Waals surface area (Å²) >= 11 is 5.61. The number of anilines is 1. The third kappa shape index (κ3) is 5.70. The van der Waals surface area contributed by atoms with Crippen molar-refractivity contribution in [3.8, 4) is 0 Å². The fourth-order valence-corrected chi connectivity index (χ4v) is 3.26. The third-order valence-corrected chi connectivity index (χ3v) is 5.01. The van der Waals surface area contributed by atoms with Crippen LogP contribution in [-0.4, -0.2) is 28.4 Å². The Hall–Kier alpha value is -3.27. The number of rotatable bonds is 7. The first-order valence-electron chi connectivity index (χ1n) is 9.43. The van der Waals surface area contributed by atoms with Crippen molar-refractivity contribution >= 4 is 29.1 Å². The molecule has 11 heteroatoms. The van der Waals surface area contributed by atoms with E-state index >= 15 is 0 Å². The number of nitrogens with one attached hydrogen (secondary N) is 1. The van der Waals surface area contributed by atoms with Gasteiger partial charge >= 0.3 is 6.18 Å². The highest BCUT2D eigenvalue weighted by Gasteiger charge is 2.33. The predicted octanol–water partition coefficient (Wildman–Crippen LogP) is 4.77. The van der Waals surface area contributed by atoms with Gasteiger partial charge in [0.05, 0.1) is 35.5 Å². The normalized spacial score (nSPS) is 11.4. The fraction of sp³-hybridized carbons (Fsp3) is 0.286. The summed E-state index contributed by atoms with van der Waals surface area (Å²) in [6.45, 7) is 2.95. The van der Waals surface area contributed by atoms with Gasteiger partial charge in [-0.1, -0.05) is 16.8 Å². The molecule has 0 radical (unpaired) electrons. The van der Waals surface area contributed by atoms with Gasteiger partial charge in [-0.3, -0.25) is 9.59 Å². The van der Waals surface area contributed by atoms with E-state index in [2.05, 4.69) is 10.5 Å². The minimum absolute atomic E-state index is 0.00293. The molecule has 0 saturated heterocycles. The number of benzene rings is 1. The molecule has 3 rings (SSSR count). The summed E-state index contributed by atoms with van der Waals surface area (Å²) in [5.74, 6) is -0.160. The smallest absolute Gasteiger partial charge is 0.417 e. The lowest BCUT2D eigenvalue weighted by Gasteiger charge is -2.21. The summed E-state index contributed by atoms with van der Waals surface area (Å²) in [5.41, 5.74) is -0.00629. The van der Waals surface area contributed by atoms with E-state index < -0.39 is 35.1 Å². The lowest BCUT2D eigenvalue weighted by molar-refractivity contribution is -0.137. The van der Waals surface area contributed by atoms with Gasteiger partial charge in [0.25, 0.3) is 0 Å². The van der Waals surface area contributed by atoms with Crippen LogP contribution in [0.4, 0.5) is 18.9 Å². The highest BCUT2D eigenvalue weighted by molar-refractivity contribution is 6.31. The van der Waals surface area contributed by atoms with E-state index in [1.165, 1.54) is 17.2 Å². The summed E-state index contributed by atoms with van der Waals surface area (Å²) in [7, 11) is 0. The Labute approximate surface area is 186 Å². The molecule has 32 heavy (non-hydrogen) atoms. The van der Waals surface area contributed by atoms with Gasteiger partial charge in [-0.05, 0) is 44.2 Å². The Morgan fingerprint density at radius 2 is 1.97 bits per heavy atom. The largest absolute Gasteiger partial charge is 0.467 e. The maximum atomic E-state index is 13.1. The van der Waals surface area contributed by atoms with Crippen LogP contribution in [0.2, 0.25) is 5.02 Å². The number of amides is 2. The molecule has 0 aliphatic rings. The molecule has 3 aromatic rings. The molecule has 0 aliphatic carbocycles. The number of aryl methyl sites for hydroxylation is 2. The van der Waals surface area contributed by atoms with Gasteiger partial charge in [0, 0.05) is 11.3 Å². The average Bonchev–Trinajstić information content (AvgIpc) is 3.33. The second-order valence-corrected chi connectivity index (χ2v) is 7.46. The molecule has 2 aromatic heterocycles. The second kappa shape index (κ2) is 9.47. The molecular weight excluding hydrogens is 451 g/mol. The van der Waals surface area contributed by atoms with Crippen LogP contribution in [0.3, 0.4) is 0 Å². The van der Waals surface area contributed by atoms with Crippen molar-refractivity contribution in [1.82, 2.24) is 10.1 Å². The van der Waals surface area contributed by atoms with Gasteiger partial charge in [0.15, 0.2) is 0 Å². The van der Waals surface area contributed by atoms with Gasteiger partial charge in [0.1, 0.15) is 18.1 Å². The first-order chi connectivity index (χ1) is 15.0. The molecule has 170 valence electrons. The quantitative estimate of drug-likeness (QED) is 0.538. The zero-order valence-electron chi connectivity index (χ0n) is 17.1. The molecule has 7 nitrogen and oxygen atoms in total. The molecule has 0 bridgehead atoms. The molecular formula is C21H19ClF3N3O4. The van der Waals surface area contributed by atoms with E-state index in [1.54, 1.807) is 26.0 Å². The number of nitrogens with zero attached hydrogens (tertiary/aromatic N) is 2. The highest BCUT2D eigenvalue weighted by atomic mass is 35.5. The number of alkyl halides is 3. The summed E-state index contributed by atoms with van der Waals surface area (Å²) in [5, 5.41) is 5.70. The Kier molecular flexibility index (Phi) is 6.93. The molecule has 1 aromatic carbocycles. The van der Waals surface area contributed by atoms with Crippen molar-refractivity contribution in [3.63, 3.8) is 0 Å². The zero-order chi connectivity index (χ0) is 23.5. The first kappa shape index (κ1) is 23.4. The van der Waals surface area contributed by atoms with Crippen LogP contribution in [0.1, 0.15) is 28.3 Å². The Morgan fingerprint density at radius 3 is 2.56 bits per heavy atom. The highest BCUT2D eigenvalue weighted by Crippen LogP contribution is 2.36.